The van der Waals surface area contributed by atoms with Gasteiger partial charge in [-0.1, -0.05) is 42.5 Å². The van der Waals surface area contributed by atoms with Crippen LogP contribution in [0.3, 0.4) is 0 Å². The highest BCUT2D eigenvalue weighted by atomic mass is 16.5. The summed E-state index contributed by atoms with van der Waals surface area (Å²) in [6.45, 7) is 1.48. The highest BCUT2D eigenvalue weighted by molar-refractivity contribution is 5.31. The Kier molecular flexibility index (Phi) is 5.45. The third-order valence-electron chi connectivity index (χ3n) is 3.04. The van der Waals surface area contributed by atoms with Crippen molar-refractivity contribution in [2.45, 2.75) is 19.3 Å². The average molecular weight is 255 g/mol. The van der Waals surface area contributed by atoms with Gasteiger partial charge in [0.05, 0.1) is 6.61 Å². The second-order valence-corrected chi connectivity index (χ2v) is 4.65. The number of unbranched alkanes of at least 4 members (excludes halogenated alkanes) is 1. The van der Waals surface area contributed by atoms with Crippen molar-refractivity contribution in [3.8, 4) is 5.75 Å². The van der Waals surface area contributed by atoms with Crippen molar-refractivity contribution >= 4 is 0 Å². The van der Waals surface area contributed by atoms with Gasteiger partial charge in [0.25, 0.3) is 0 Å². The molecule has 2 aromatic carbocycles. The van der Waals surface area contributed by atoms with Crippen molar-refractivity contribution in [2.24, 2.45) is 5.73 Å². The Hall–Kier alpha value is -1.80. The van der Waals surface area contributed by atoms with Gasteiger partial charge in [-0.3, -0.25) is 0 Å². The summed E-state index contributed by atoms with van der Waals surface area (Å²) in [5, 5.41) is 0. The third kappa shape index (κ3) is 4.76. The van der Waals surface area contributed by atoms with Crippen molar-refractivity contribution < 1.29 is 4.74 Å². The predicted octanol–water partition coefficient (Wildman–Crippen LogP) is 3.40. The van der Waals surface area contributed by atoms with Crippen molar-refractivity contribution in [1.29, 1.82) is 0 Å². The molecule has 2 rings (SSSR count). The van der Waals surface area contributed by atoms with Crippen LogP contribution in [0, 0.1) is 0 Å². The summed E-state index contributed by atoms with van der Waals surface area (Å²) in [5.41, 5.74) is 8.08. The molecule has 0 aliphatic rings. The van der Waals surface area contributed by atoms with E-state index >= 15 is 0 Å². The summed E-state index contributed by atoms with van der Waals surface area (Å²) in [5.74, 6) is 0.939. The van der Waals surface area contributed by atoms with Crippen molar-refractivity contribution in [3.05, 3.63) is 65.7 Å². The van der Waals surface area contributed by atoms with Crippen LogP contribution in [0.25, 0.3) is 0 Å². The van der Waals surface area contributed by atoms with Gasteiger partial charge >= 0.3 is 0 Å². The molecule has 2 aromatic rings. The second kappa shape index (κ2) is 7.59. The molecule has 0 fully saturated rings. The largest absolute Gasteiger partial charge is 0.494 e. The molecule has 0 aliphatic carbocycles. The Morgan fingerprint density at radius 1 is 0.789 bits per heavy atom. The maximum Gasteiger partial charge on any atom is 0.119 e. The van der Waals surface area contributed by atoms with Crippen molar-refractivity contribution in [1.82, 2.24) is 0 Å². The number of nitrogens with two attached hydrogens (primary N) is 1. The van der Waals surface area contributed by atoms with Gasteiger partial charge in [0.1, 0.15) is 5.75 Å². The quantitative estimate of drug-likeness (QED) is 0.770. The molecule has 0 bridgehead atoms. The zero-order valence-corrected chi connectivity index (χ0v) is 11.2. The van der Waals surface area contributed by atoms with Crippen LogP contribution in [0.1, 0.15) is 24.0 Å². The minimum atomic E-state index is 0.735. The Labute approximate surface area is 115 Å². The first kappa shape index (κ1) is 13.6. The molecular weight excluding hydrogens is 234 g/mol. The normalized spacial score (nSPS) is 10.4. The third-order valence-corrected chi connectivity index (χ3v) is 3.04. The van der Waals surface area contributed by atoms with E-state index in [-0.39, 0.29) is 0 Å². The number of ether oxygens (including phenoxy) is 1. The topological polar surface area (TPSA) is 35.2 Å². The molecule has 19 heavy (non-hydrogen) atoms. The number of hydrogen-bond donors (Lipinski definition) is 1. The van der Waals surface area contributed by atoms with E-state index in [0.29, 0.717) is 0 Å². The van der Waals surface area contributed by atoms with Gasteiger partial charge in [-0.2, -0.15) is 0 Å². The standard InChI is InChI=1S/C17H21NO/c18-12-4-5-13-19-17-10-8-16(9-11-17)14-15-6-2-1-3-7-15/h1-3,6-11H,4-5,12-14,18H2. The van der Waals surface area contributed by atoms with E-state index < -0.39 is 0 Å². The number of hydrogen-bond acceptors (Lipinski definition) is 2. The van der Waals surface area contributed by atoms with Gasteiger partial charge in [0, 0.05) is 0 Å². The maximum absolute atomic E-state index is 5.66. The lowest BCUT2D eigenvalue weighted by molar-refractivity contribution is 0.308. The molecule has 2 N–H and O–H groups in total. The fourth-order valence-corrected chi connectivity index (χ4v) is 1.97. The van der Waals surface area contributed by atoms with Crippen LogP contribution in [-0.2, 0) is 6.42 Å². The van der Waals surface area contributed by atoms with E-state index in [0.717, 1.165) is 38.2 Å². The molecule has 100 valence electrons. The van der Waals surface area contributed by atoms with E-state index in [1.807, 2.05) is 18.2 Å². The minimum absolute atomic E-state index is 0.735. The zero-order chi connectivity index (χ0) is 13.3. The van der Waals surface area contributed by atoms with Crippen molar-refractivity contribution in [2.75, 3.05) is 13.2 Å². The van der Waals surface area contributed by atoms with Crippen LogP contribution >= 0.6 is 0 Å². The second-order valence-electron chi connectivity index (χ2n) is 4.65. The Morgan fingerprint density at radius 3 is 2.16 bits per heavy atom. The van der Waals surface area contributed by atoms with Gasteiger partial charge in [0.2, 0.25) is 0 Å². The molecule has 0 amide bonds. The molecule has 0 radical (unpaired) electrons. The Bertz CT molecular complexity index is 464. The zero-order valence-electron chi connectivity index (χ0n) is 11.2. The Morgan fingerprint density at radius 2 is 1.47 bits per heavy atom. The van der Waals surface area contributed by atoms with Gasteiger partial charge < -0.3 is 10.5 Å². The molecule has 0 aliphatic heterocycles. The SMILES string of the molecule is NCCCCOc1ccc(Cc2ccccc2)cc1. The predicted molar refractivity (Wildman–Crippen MR) is 79.5 cm³/mol. The van der Waals surface area contributed by atoms with E-state index in [9.17, 15) is 0 Å². The molecule has 0 spiro atoms. The molecule has 0 heterocycles. The number of rotatable bonds is 7. The monoisotopic (exact) mass is 255 g/mol. The van der Waals surface area contributed by atoms with Gasteiger partial charge in [-0.25, -0.2) is 0 Å². The first-order chi connectivity index (χ1) is 9.38. The van der Waals surface area contributed by atoms with E-state index in [2.05, 4.69) is 36.4 Å². The highest BCUT2D eigenvalue weighted by Gasteiger charge is 1.97. The van der Waals surface area contributed by atoms with E-state index in [1.165, 1.54) is 11.1 Å². The van der Waals surface area contributed by atoms with Gasteiger partial charge in [0.15, 0.2) is 0 Å². The summed E-state index contributed by atoms with van der Waals surface area (Å²) < 4.78 is 5.66. The smallest absolute Gasteiger partial charge is 0.119 e. The molecular formula is C17H21NO. The summed E-state index contributed by atoms with van der Waals surface area (Å²) >= 11 is 0. The summed E-state index contributed by atoms with van der Waals surface area (Å²) in [6, 6.07) is 18.8. The fraction of sp³-hybridized carbons (Fsp3) is 0.294. The van der Waals surface area contributed by atoms with Crippen LogP contribution in [0.4, 0.5) is 0 Å². The van der Waals surface area contributed by atoms with Crippen molar-refractivity contribution in [3.63, 3.8) is 0 Å². The van der Waals surface area contributed by atoms with E-state index in [1.54, 1.807) is 0 Å². The minimum Gasteiger partial charge on any atom is -0.494 e. The van der Waals surface area contributed by atoms with Gasteiger partial charge in [-0.15, -0.1) is 0 Å². The molecule has 2 nitrogen and oxygen atoms in total. The first-order valence-corrected chi connectivity index (χ1v) is 6.84. The van der Waals surface area contributed by atoms with Crippen LogP contribution < -0.4 is 10.5 Å². The van der Waals surface area contributed by atoms with Gasteiger partial charge in [-0.05, 0) is 49.1 Å². The molecule has 0 aromatic heterocycles. The molecule has 0 atom stereocenters. The lowest BCUT2D eigenvalue weighted by Gasteiger charge is -2.07. The van der Waals surface area contributed by atoms with Crippen LogP contribution in [0.15, 0.2) is 54.6 Å². The summed E-state index contributed by atoms with van der Waals surface area (Å²) in [7, 11) is 0. The average Bonchev–Trinajstić information content (AvgIpc) is 2.46. The number of benzene rings is 2. The lowest BCUT2D eigenvalue weighted by Crippen LogP contribution is -2.03. The first-order valence-electron chi connectivity index (χ1n) is 6.84. The fourth-order valence-electron chi connectivity index (χ4n) is 1.97. The maximum atomic E-state index is 5.66. The Balaban J connectivity index is 1.84. The molecule has 0 saturated heterocycles. The lowest BCUT2D eigenvalue weighted by atomic mass is 10.1. The summed E-state index contributed by atoms with van der Waals surface area (Å²) in [6.07, 6.45) is 3.00. The molecule has 0 unspecified atom stereocenters. The van der Waals surface area contributed by atoms with Crippen LogP contribution in [0.5, 0.6) is 5.75 Å². The summed E-state index contributed by atoms with van der Waals surface area (Å²) in [4.78, 5) is 0. The van der Waals surface area contributed by atoms with Crippen LogP contribution in [-0.4, -0.2) is 13.2 Å². The molecule has 2 heteroatoms. The van der Waals surface area contributed by atoms with E-state index in [4.69, 9.17) is 10.5 Å². The van der Waals surface area contributed by atoms with Crippen LogP contribution in [0.2, 0.25) is 0 Å². The molecule has 0 saturated carbocycles. The highest BCUT2D eigenvalue weighted by Crippen LogP contribution is 2.15.